The lowest BCUT2D eigenvalue weighted by Gasteiger charge is -2.27. The second kappa shape index (κ2) is 6.89. The van der Waals surface area contributed by atoms with Crippen LogP contribution in [0.4, 0.5) is 0 Å². The molecule has 0 bridgehead atoms. The van der Waals surface area contributed by atoms with Gasteiger partial charge < -0.3 is 16.0 Å². The summed E-state index contributed by atoms with van der Waals surface area (Å²) in [5.74, 6) is 0.851. The van der Waals surface area contributed by atoms with Crippen LogP contribution < -0.4 is 11.1 Å². The van der Waals surface area contributed by atoms with E-state index in [1.807, 2.05) is 4.90 Å². The average molecular weight is 267 g/mol. The van der Waals surface area contributed by atoms with E-state index in [1.165, 1.54) is 12.8 Å². The summed E-state index contributed by atoms with van der Waals surface area (Å²) in [4.78, 5) is 25.2. The molecule has 0 aromatic carbocycles. The van der Waals surface area contributed by atoms with E-state index in [9.17, 15) is 9.59 Å². The summed E-state index contributed by atoms with van der Waals surface area (Å²) in [6.07, 6.45) is 6.58. The lowest BCUT2D eigenvalue weighted by Crippen LogP contribution is -2.35. The van der Waals surface area contributed by atoms with Crippen LogP contribution in [0.25, 0.3) is 0 Å². The van der Waals surface area contributed by atoms with Crippen LogP contribution in [0.5, 0.6) is 0 Å². The number of carbonyl (C=O) groups excluding carboxylic acids is 2. The van der Waals surface area contributed by atoms with Crippen LogP contribution in [0.1, 0.15) is 44.9 Å². The maximum absolute atomic E-state index is 12.1. The van der Waals surface area contributed by atoms with E-state index in [4.69, 9.17) is 5.73 Å². The molecule has 108 valence electrons. The number of hydrogen-bond acceptors (Lipinski definition) is 3. The van der Waals surface area contributed by atoms with E-state index in [0.29, 0.717) is 44.4 Å². The van der Waals surface area contributed by atoms with Crippen molar-refractivity contribution in [3.8, 4) is 0 Å². The molecule has 1 aliphatic carbocycles. The standard InChI is InChI=1S/C14H25N3O2/c15-12-3-1-2-11(10-12)4-5-14(19)17-8-6-13(18)16-7-9-17/h11-12H,1-10,15H2,(H,16,18). The molecule has 0 radical (unpaired) electrons. The molecule has 2 aliphatic rings. The van der Waals surface area contributed by atoms with Gasteiger partial charge in [-0.25, -0.2) is 0 Å². The Morgan fingerprint density at radius 2 is 2.21 bits per heavy atom. The summed E-state index contributed by atoms with van der Waals surface area (Å²) in [7, 11) is 0. The van der Waals surface area contributed by atoms with E-state index in [-0.39, 0.29) is 11.8 Å². The number of carbonyl (C=O) groups is 2. The molecule has 0 spiro atoms. The van der Waals surface area contributed by atoms with Crippen molar-refractivity contribution in [2.24, 2.45) is 11.7 Å². The van der Waals surface area contributed by atoms with Gasteiger partial charge >= 0.3 is 0 Å². The quantitative estimate of drug-likeness (QED) is 0.787. The molecule has 19 heavy (non-hydrogen) atoms. The Morgan fingerprint density at radius 3 is 3.00 bits per heavy atom. The van der Waals surface area contributed by atoms with Crippen molar-refractivity contribution in [3.63, 3.8) is 0 Å². The van der Waals surface area contributed by atoms with Gasteiger partial charge in [0.05, 0.1) is 0 Å². The predicted octanol–water partition coefficient (Wildman–Crippen LogP) is 0.633. The second-order valence-corrected chi connectivity index (χ2v) is 5.81. The van der Waals surface area contributed by atoms with Gasteiger partial charge in [-0.2, -0.15) is 0 Å². The summed E-state index contributed by atoms with van der Waals surface area (Å²) in [6.45, 7) is 1.79. The minimum absolute atomic E-state index is 0.0496. The number of nitrogens with one attached hydrogen (secondary N) is 1. The molecule has 1 heterocycles. The highest BCUT2D eigenvalue weighted by Gasteiger charge is 2.22. The number of hydrogen-bond donors (Lipinski definition) is 2. The summed E-state index contributed by atoms with van der Waals surface area (Å²) in [5.41, 5.74) is 5.97. The Balaban J connectivity index is 1.72. The van der Waals surface area contributed by atoms with Gasteiger partial charge in [-0.1, -0.05) is 12.8 Å². The van der Waals surface area contributed by atoms with Crippen molar-refractivity contribution in [3.05, 3.63) is 0 Å². The maximum Gasteiger partial charge on any atom is 0.222 e. The molecular weight excluding hydrogens is 242 g/mol. The van der Waals surface area contributed by atoms with Crippen LogP contribution in [0.15, 0.2) is 0 Å². The van der Waals surface area contributed by atoms with Gasteiger partial charge in [-0.3, -0.25) is 9.59 Å². The molecule has 5 nitrogen and oxygen atoms in total. The third kappa shape index (κ3) is 4.49. The van der Waals surface area contributed by atoms with E-state index in [2.05, 4.69) is 5.32 Å². The second-order valence-electron chi connectivity index (χ2n) is 5.81. The Kier molecular flexibility index (Phi) is 5.19. The third-order valence-corrected chi connectivity index (χ3v) is 4.26. The lowest BCUT2D eigenvalue weighted by atomic mass is 9.83. The first-order valence-electron chi connectivity index (χ1n) is 7.45. The van der Waals surface area contributed by atoms with E-state index in [1.54, 1.807) is 0 Å². The Morgan fingerprint density at radius 1 is 1.37 bits per heavy atom. The van der Waals surface area contributed by atoms with Crippen molar-refractivity contribution >= 4 is 11.8 Å². The Hall–Kier alpha value is -1.10. The highest BCUT2D eigenvalue weighted by molar-refractivity contribution is 5.80. The van der Waals surface area contributed by atoms with Crippen molar-refractivity contribution in [2.75, 3.05) is 19.6 Å². The first-order valence-corrected chi connectivity index (χ1v) is 7.45. The van der Waals surface area contributed by atoms with Gasteiger partial charge in [0.15, 0.2) is 0 Å². The highest BCUT2D eigenvalue weighted by atomic mass is 16.2. The van der Waals surface area contributed by atoms with Crippen LogP contribution in [-0.2, 0) is 9.59 Å². The van der Waals surface area contributed by atoms with Gasteiger partial charge in [-0.05, 0) is 25.2 Å². The van der Waals surface area contributed by atoms with Crippen molar-refractivity contribution in [1.29, 1.82) is 0 Å². The smallest absolute Gasteiger partial charge is 0.222 e. The van der Waals surface area contributed by atoms with Crippen LogP contribution >= 0.6 is 0 Å². The zero-order valence-corrected chi connectivity index (χ0v) is 11.6. The van der Waals surface area contributed by atoms with Crippen LogP contribution in [-0.4, -0.2) is 42.4 Å². The molecule has 1 saturated carbocycles. The van der Waals surface area contributed by atoms with Gasteiger partial charge in [0.1, 0.15) is 0 Å². The molecular formula is C14H25N3O2. The molecule has 2 rings (SSSR count). The number of nitrogens with zero attached hydrogens (tertiary/aromatic N) is 1. The predicted molar refractivity (Wildman–Crippen MR) is 73.4 cm³/mol. The lowest BCUT2D eigenvalue weighted by molar-refractivity contribution is -0.131. The summed E-state index contributed by atoms with van der Waals surface area (Å²) in [5, 5.41) is 2.79. The SMILES string of the molecule is NC1CCCC(CCC(=O)N2CCNC(=O)CC2)C1. The first kappa shape index (κ1) is 14.3. The molecule has 2 atom stereocenters. The topological polar surface area (TPSA) is 75.4 Å². The monoisotopic (exact) mass is 267 g/mol. The molecule has 1 saturated heterocycles. The van der Waals surface area contributed by atoms with Gasteiger partial charge in [-0.15, -0.1) is 0 Å². The van der Waals surface area contributed by atoms with E-state index < -0.39 is 0 Å². The minimum Gasteiger partial charge on any atom is -0.354 e. The van der Waals surface area contributed by atoms with Crippen LogP contribution in [0, 0.1) is 5.92 Å². The minimum atomic E-state index is 0.0496. The fraction of sp³-hybridized carbons (Fsp3) is 0.857. The highest BCUT2D eigenvalue weighted by Crippen LogP contribution is 2.27. The first-order chi connectivity index (χ1) is 9.15. The molecule has 2 unspecified atom stereocenters. The number of nitrogens with two attached hydrogens (primary N) is 1. The van der Waals surface area contributed by atoms with Crippen LogP contribution in [0.2, 0.25) is 0 Å². The Bertz CT molecular complexity index is 333. The third-order valence-electron chi connectivity index (χ3n) is 4.26. The zero-order valence-electron chi connectivity index (χ0n) is 11.6. The van der Waals surface area contributed by atoms with Crippen molar-refractivity contribution < 1.29 is 9.59 Å². The molecule has 0 aromatic rings. The molecule has 3 N–H and O–H groups in total. The number of rotatable bonds is 3. The molecule has 5 heteroatoms. The zero-order chi connectivity index (χ0) is 13.7. The van der Waals surface area contributed by atoms with Gasteiger partial charge in [0.2, 0.25) is 11.8 Å². The van der Waals surface area contributed by atoms with E-state index >= 15 is 0 Å². The normalized spacial score (nSPS) is 28.7. The largest absolute Gasteiger partial charge is 0.354 e. The van der Waals surface area contributed by atoms with Gasteiger partial charge in [0.25, 0.3) is 0 Å². The molecule has 1 aliphatic heterocycles. The van der Waals surface area contributed by atoms with E-state index in [0.717, 1.165) is 19.3 Å². The molecule has 2 amide bonds. The Labute approximate surface area is 114 Å². The fourth-order valence-electron chi connectivity index (χ4n) is 3.10. The summed E-state index contributed by atoms with van der Waals surface area (Å²) < 4.78 is 0. The fourth-order valence-corrected chi connectivity index (χ4v) is 3.10. The summed E-state index contributed by atoms with van der Waals surface area (Å²) >= 11 is 0. The average Bonchev–Trinajstić information content (AvgIpc) is 2.61. The molecule has 0 aromatic heterocycles. The maximum atomic E-state index is 12.1. The summed E-state index contributed by atoms with van der Waals surface area (Å²) in [6, 6.07) is 0.328. The van der Waals surface area contributed by atoms with Gasteiger partial charge in [0, 0.05) is 38.5 Å². The number of amides is 2. The van der Waals surface area contributed by atoms with Crippen molar-refractivity contribution in [2.45, 2.75) is 51.0 Å². The van der Waals surface area contributed by atoms with Crippen LogP contribution in [0.3, 0.4) is 0 Å². The van der Waals surface area contributed by atoms with Crippen molar-refractivity contribution in [1.82, 2.24) is 10.2 Å². The molecule has 2 fully saturated rings.